The van der Waals surface area contributed by atoms with Crippen molar-refractivity contribution in [2.24, 2.45) is 4.99 Å². The molecule has 1 aliphatic rings. The molecule has 0 bridgehead atoms. The molecule has 2 heterocycles. The van der Waals surface area contributed by atoms with Crippen molar-refractivity contribution in [1.82, 2.24) is 14.5 Å². The first-order valence-corrected chi connectivity index (χ1v) is 17.0. The monoisotopic (exact) mass is 532 g/mol. The van der Waals surface area contributed by atoms with Gasteiger partial charge in [-0.05, 0) is 26.8 Å². The molecule has 0 atom stereocenters. The fourth-order valence-corrected chi connectivity index (χ4v) is 5.01. The molecule has 0 saturated heterocycles. The van der Waals surface area contributed by atoms with E-state index < -0.39 is 13.7 Å². The highest BCUT2D eigenvalue weighted by Crippen LogP contribution is 2.27. The number of aliphatic imine (C=N–C) groups is 1. The molecular weight excluding hydrogens is 492 g/mol. The lowest BCUT2D eigenvalue weighted by atomic mass is 10.0. The third-order valence-corrected chi connectivity index (χ3v) is 7.97. The van der Waals surface area contributed by atoms with Crippen molar-refractivity contribution in [3.63, 3.8) is 0 Å². The van der Waals surface area contributed by atoms with Crippen molar-refractivity contribution in [3.05, 3.63) is 83.2 Å². The number of carbonyl (C=O) groups is 1. The number of aromatic nitrogens is 2. The minimum absolute atomic E-state index is 0.316. The summed E-state index contributed by atoms with van der Waals surface area (Å²) in [5, 5.41) is 0. The van der Waals surface area contributed by atoms with Crippen molar-refractivity contribution in [2.75, 3.05) is 13.2 Å². The van der Waals surface area contributed by atoms with Crippen molar-refractivity contribution in [1.29, 1.82) is 0 Å². The van der Waals surface area contributed by atoms with Gasteiger partial charge in [-0.2, -0.15) is 0 Å². The summed E-state index contributed by atoms with van der Waals surface area (Å²) < 4.78 is 13.9. The highest BCUT2D eigenvalue weighted by Gasteiger charge is 2.30. The molecule has 1 aliphatic heterocycles. The molecule has 2 aromatic carbocycles. The van der Waals surface area contributed by atoms with E-state index in [-0.39, 0.29) is 6.09 Å². The van der Waals surface area contributed by atoms with Crippen LogP contribution in [0.25, 0.3) is 0 Å². The van der Waals surface area contributed by atoms with Crippen LogP contribution >= 0.6 is 0 Å². The predicted octanol–water partition coefficient (Wildman–Crippen LogP) is 6.66. The molecule has 202 valence electrons. The summed E-state index contributed by atoms with van der Waals surface area (Å²) in [6.45, 7) is 14.7. The fourth-order valence-electron chi connectivity index (χ4n) is 4.25. The third kappa shape index (κ3) is 7.42. The Kier molecular flexibility index (Phi) is 8.53. The topological polar surface area (TPSA) is 69.0 Å². The average Bonchev–Trinajstić information content (AvgIpc) is 3.21. The summed E-state index contributed by atoms with van der Waals surface area (Å²) in [5.74, 6) is 0.594. The molecule has 8 heteroatoms. The SMILES string of the molecule is CC(C)(C)OC(=O)N1CCc2c(nc(N=C(c3ccccc3)c3ccccc3)n2COCC[Si](C)(C)C)C1. The van der Waals surface area contributed by atoms with E-state index in [9.17, 15) is 4.79 Å². The van der Waals surface area contributed by atoms with Crippen LogP contribution in [0.15, 0.2) is 65.7 Å². The molecule has 0 spiro atoms. The van der Waals surface area contributed by atoms with Gasteiger partial charge in [0, 0.05) is 44.5 Å². The van der Waals surface area contributed by atoms with Crippen LogP contribution in [0.2, 0.25) is 25.7 Å². The number of hydrogen-bond donors (Lipinski definition) is 0. The first kappa shape index (κ1) is 27.8. The minimum Gasteiger partial charge on any atom is -0.444 e. The van der Waals surface area contributed by atoms with Crippen LogP contribution in [0.4, 0.5) is 10.7 Å². The van der Waals surface area contributed by atoms with E-state index in [4.69, 9.17) is 19.5 Å². The normalized spacial score (nSPS) is 13.7. The van der Waals surface area contributed by atoms with E-state index in [1.807, 2.05) is 57.2 Å². The number of amides is 1. The predicted molar refractivity (Wildman–Crippen MR) is 155 cm³/mol. The number of imidazole rings is 1. The largest absolute Gasteiger partial charge is 0.444 e. The lowest BCUT2D eigenvalue weighted by molar-refractivity contribution is 0.0217. The zero-order chi connectivity index (χ0) is 27.3. The quantitative estimate of drug-likeness (QED) is 0.185. The van der Waals surface area contributed by atoms with Crippen LogP contribution in [-0.2, 0) is 29.2 Å². The molecule has 1 amide bonds. The Hall–Kier alpha value is -3.23. The van der Waals surface area contributed by atoms with E-state index in [2.05, 4.69) is 48.5 Å². The van der Waals surface area contributed by atoms with Gasteiger partial charge in [0.15, 0.2) is 0 Å². The first-order valence-electron chi connectivity index (χ1n) is 13.3. The number of rotatable bonds is 8. The molecule has 7 nitrogen and oxygen atoms in total. The summed E-state index contributed by atoms with van der Waals surface area (Å²) in [7, 11) is -1.21. The van der Waals surface area contributed by atoms with Gasteiger partial charge in [0.2, 0.25) is 5.95 Å². The second kappa shape index (κ2) is 11.7. The van der Waals surface area contributed by atoms with E-state index in [1.54, 1.807) is 4.90 Å². The summed E-state index contributed by atoms with van der Waals surface area (Å²) in [6.07, 6.45) is 0.351. The summed E-state index contributed by atoms with van der Waals surface area (Å²) in [5.41, 5.74) is 4.24. The molecule has 0 N–H and O–H groups in total. The Morgan fingerprint density at radius 3 is 2.16 bits per heavy atom. The maximum Gasteiger partial charge on any atom is 0.410 e. The van der Waals surface area contributed by atoms with Gasteiger partial charge in [-0.15, -0.1) is 0 Å². The molecular formula is C30H40N4O3Si. The highest BCUT2D eigenvalue weighted by atomic mass is 28.3. The molecule has 0 radical (unpaired) electrons. The van der Waals surface area contributed by atoms with Crippen LogP contribution in [0.3, 0.4) is 0 Å². The Morgan fingerprint density at radius 2 is 1.61 bits per heavy atom. The molecule has 4 rings (SSSR count). The maximum absolute atomic E-state index is 12.8. The summed E-state index contributed by atoms with van der Waals surface area (Å²) in [4.78, 5) is 24.6. The molecule has 38 heavy (non-hydrogen) atoms. The van der Waals surface area contributed by atoms with Crippen molar-refractivity contribution >= 4 is 25.8 Å². The van der Waals surface area contributed by atoms with Gasteiger partial charge in [-0.1, -0.05) is 80.3 Å². The second-order valence-electron chi connectivity index (χ2n) is 11.9. The van der Waals surface area contributed by atoms with Crippen LogP contribution in [-0.4, -0.2) is 53.1 Å². The smallest absolute Gasteiger partial charge is 0.410 e. The van der Waals surface area contributed by atoms with Gasteiger partial charge < -0.3 is 14.4 Å². The van der Waals surface area contributed by atoms with Gasteiger partial charge in [0.1, 0.15) is 12.3 Å². The van der Waals surface area contributed by atoms with Crippen LogP contribution in [0.5, 0.6) is 0 Å². The van der Waals surface area contributed by atoms with Gasteiger partial charge in [0.05, 0.1) is 18.0 Å². The summed E-state index contributed by atoms with van der Waals surface area (Å²) in [6, 6.07) is 21.4. The van der Waals surface area contributed by atoms with Crippen LogP contribution < -0.4 is 0 Å². The van der Waals surface area contributed by atoms with E-state index in [0.717, 1.165) is 34.3 Å². The Bertz CT molecular complexity index is 1220. The molecule has 3 aromatic rings. The second-order valence-corrected chi connectivity index (χ2v) is 17.5. The van der Waals surface area contributed by atoms with Crippen molar-refractivity contribution in [2.45, 2.75) is 71.8 Å². The molecule has 0 aliphatic carbocycles. The maximum atomic E-state index is 12.8. The molecule has 0 unspecified atom stereocenters. The fraction of sp³-hybridized carbons (Fsp3) is 0.433. The number of hydrogen-bond acceptors (Lipinski definition) is 5. The zero-order valence-electron chi connectivity index (χ0n) is 23.5. The lowest BCUT2D eigenvalue weighted by Gasteiger charge is -2.30. The highest BCUT2D eigenvalue weighted by molar-refractivity contribution is 6.76. The van der Waals surface area contributed by atoms with E-state index in [1.165, 1.54) is 0 Å². The summed E-state index contributed by atoms with van der Waals surface area (Å²) >= 11 is 0. The first-order chi connectivity index (χ1) is 18.0. The van der Waals surface area contributed by atoms with Crippen LogP contribution in [0, 0.1) is 0 Å². The van der Waals surface area contributed by atoms with Crippen LogP contribution in [0.1, 0.15) is 43.3 Å². The Balaban J connectivity index is 1.71. The molecule has 0 fully saturated rings. The van der Waals surface area contributed by atoms with Gasteiger partial charge in [-0.3, -0.25) is 4.57 Å². The molecule has 1 aromatic heterocycles. The van der Waals surface area contributed by atoms with Crippen molar-refractivity contribution < 1.29 is 14.3 Å². The third-order valence-electron chi connectivity index (χ3n) is 6.27. The Labute approximate surface area is 227 Å². The van der Waals surface area contributed by atoms with Gasteiger partial charge in [0.25, 0.3) is 0 Å². The Morgan fingerprint density at radius 1 is 1.00 bits per heavy atom. The minimum atomic E-state index is -1.21. The van der Waals surface area contributed by atoms with Gasteiger partial charge >= 0.3 is 6.09 Å². The lowest BCUT2D eigenvalue weighted by Crippen LogP contribution is -2.40. The number of benzene rings is 2. The van der Waals surface area contributed by atoms with E-state index in [0.29, 0.717) is 38.8 Å². The van der Waals surface area contributed by atoms with Gasteiger partial charge in [-0.25, -0.2) is 14.8 Å². The average molecular weight is 533 g/mol. The number of nitrogens with zero attached hydrogens (tertiary/aromatic N) is 4. The standard InChI is InChI=1S/C30H40N4O3Si/c1-30(2,3)37-29(35)33-18-17-26-25(21-33)31-28(34(26)22-36-19-20-38(4,5)6)32-27(23-13-9-7-10-14-23)24-15-11-8-12-16-24/h7-16H,17-22H2,1-6H3. The zero-order valence-corrected chi connectivity index (χ0v) is 24.5. The van der Waals surface area contributed by atoms with E-state index >= 15 is 0 Å². The number of ether oxygens (including phenoxy) is 2. The molecule has 0 saturated carbocycles. The number of carbonyl (C=O) groups excluding carboxylic acids is 1. The number of fused-ring (bicyclic) bond motifs is 1. The van der Waals surface area contributed by atoms with Crippen molar-refractivity contribution in [3.8, 4) is 0 Å².